The maximum atomic E-state index is 6.21. The highest BCUT2D eigenvalue weighted by Gasteiger charge is 2.28. The van der Waals surface area contributed by atoms with Crippen molar-refractivity contribution in [2.24, 2.45) is 0 Å². The first kappa shape index (κ1) is 17.4. The van der Waals surface area contributed by atoms with Crippen LogP contribution < -0.4 is 0 Å². The number of benzene rings is 2. The second-order valence-corrected chi connectivity index (χ2v) is 8.19. The van der Waals surface area contributed by atoms with Gasteiger partial charge < -0.3 is 4.90 Å². The lowest BCUT2D eigenvalue weighted by Crippen LogP contribution is -2.46. The average molecular weight is 375 g/mol. The summed E-state index contributed by atoms with van der Waals surface area (Å²) in [5.41, 5.74) is 5.32. The van der Waals surface area contributed by atoms with E-state index in [0.717, 1.165) is 31.7 Å². The molecule has 0 radical (unpaired) electrons. The van der Waals surface area contributed by atoms with E-state index < -0.39 is 0 Å². The second kappa shape index (κ2) is 7.28. The van der Waals surface area contributed by atoms with Crippen LogP contribution in [-0.2, 0) is 6.42 Å². The summed E-state index contributed by atoms with van der Waals surface area (Å²) in [5, 5.41) is 1.38. The first-order valence-electron chi connectivity index (χ1n) is 9.12. The molecule has 25 heavy (non-hydrogen) atoms. The van der Waals surface area contributed by atoms with Crippen LogP contribution in [0, 0.1) is 0 Å². The van der Waals surface area contributed by atoms with Crippen LogP contribution in [0.15, 0.2) is 36.4 Å². The van der Waals surface area contributed by atoms with Gasteiger partial charge in [-0.05, 0) is 72.8 Å². The van der Waals surface area contributed by atoms with Gasteiger partial charge >= 0.3 is 0 Å². The Labute approximate surface area is 160 Å². The zero-order chi connectivity index (χ0) is 17.4. The Morgan fingerprint density at radius 3 is 2.32 bits per heavy atom. The van der Waals surface area contributed by atoms with Crippen molar-refractivity contribution in [2.75, 3.05) is 33.2 Å². The lowest BCUT2D eigenvalue weighted by molar-refractivity contribution is 0.102. The van der Waals surface area contributed by atoms with Gasteiger partial charge in [0.05, 0.1) is 0 Å². The molecule has 132 valence electrons. The largest absolute Gasteiger partial charge is 0.304 e. The number of halogens is 2. The molecule has 1 fully saturated rings. The normalized spacial score (nSPS) is 22.0. The van der Waals surface area contributed by atoms with Crippen molar-refractivity contribution in [3.05, 3.63) is 57.6 Å². The molecule has 0 spiro atoms. The molecule has 1 aliphatic carbocycles. The summed E-state index contributed by atoms with van der Waals surface area (Å²) in [7, 11) is 2.22. The molecule has 1 saturated heterocycles. The molecular formula is C21H24Cl2N2. The van der Waals surface area contributed by atoms with Gasteiger partial charge in [-0.3, -0.25) is 4.90 Å². The highest BCUT2D eigenvalue weighted by molar-refractivity contribution is 6.35. The van der Waals surface area contributed by atoms with Gasteiger partial charge in [-0.15, -0.1) is 0 Å². The lowest BCUT2D eigenvalue weighted by atomic mass is 9.84. The third-order valence-electron chi connectivity index (χ3n) is 5.60. The Hall–Kier alpha value is -1.06. The fourth-order valence-electron chi connectivity index (χ4n) is 4.19. The van der Waals surface area contributed by atoms with Gasteiger partial charge in [0.25, 0.3) is 0 Å². The zero-order valence-electron chi connectivity index (χ0n) is 14.6. The summed E-state index contributed by atoms with van der Waals surface area (Å²) in [6.07, 6.45) is 3.74. The van der Waals surface area contributed by atoms with Crippen LogP contribution in [0.3, 0.4) is 0 Å². The summed E-state index contributed by atoms with van der Waals surface area (Å²) in [5.74, 6) is 0. The van der Waals surface area contributed by atoms with Crippen LogP contribution >= 0.6 is 23.2 Å². The molecule has 1 atom stereocenters. The molecule has 0 amide bonds. The van der Waals surface area contributed by atoms with Gasteiger partial charge in [0.2, 0.25) is 0 Å². The number of hydrogen-bond acceptors (Lipinski definition) is 2. The average Bonchev–Trinajstić information content (AvgIpc) is 2.61. The highest BCUT2D eigenvalue weighted by Crippen LogP contribution is 2.38. The molecule has 1 heterocycles. The van der Waals surface area contributed by atoms with Crippen LogP contribution in [0.1, 0.15) is 30.0 Å². The number of likely N-dealkylation sites (N-methyl/N-ethyl adjacent to an activating group) is 1. The Kier molecular flexibility index (Phi) is 5.06. The molecule has 1 aliphatic heterocycles. The Morgan fingerprint density at radius 2 is 1.60 bits per heavy atom. The minimum absolute atomic E-state index is 0.548. The van der Waals surface area contributed by atoms with Crippen LogP contribution in [0.2, 0.25) is 10.0 Å². The number of fused-ring (bicyclic) bond motifs is 1. The van der Waals surface area contributed by atoms with Crippen LogP contribution in [0.5, 0.6) is 0 Å². The number of rotatable bonds is 2. The van der Waals surface area contributed by atoms with Gasteiger partial charge in [0.15, 0.2) is 0 Å². The van der Waals surface area contributed by atoms with Crippen LogP contribution in [-0.4, -0.2) is 43.0 Å². The molecule has 2 aromatic carbocycles. The zero-order valence-corrected chi connectivity index (χ0v) is 16.2. The van der Waals surface area contributed by atoms with Crippen molar-refractivity contribution in [1.82, 2.24) is 9.80 Å². The Balaban J connectivity index is 1.68. The third kappa shape index (κ3) is 3.73. The van der Waals surface area contributed by atoms with Crippen molar-refractivity contribution in [2.45, 2.75) is 25.3 Å². The predicted molar refractivity (Wildman–Crippen MR) is 107 cm³/mol. The fraction of sp³-hybridized carbons (Fsp3) is 0.429. The van der Waals surface area contributed by atoms with E-state index in [4.69, 9.17) is 23.2 Å². The quantitative estimate of drug-likeness (QED) is 0.704. The van der Waals surface area contributed by atoms with E-state index in [0.29, 0.717) is 16.1 Å². The first-order valence-corrected chi connectivity index (χ1v) is 9.87. The number of nitrogens with zero attached hydrogens (tertiary/aromatic N) is 2. The summed E-state index contributed by atoms with van der Waals surface area (Å²) in [4.78, 5) is 5.09. The van der Waals surface area contributed by atoms with E-state index in [1.807, 2.05) is 12.1 Å². The summed E-state index contributed by atoms with van der Waals surface area (Å²) in [6, 6.07) is 13.2. The first-order chi connectivity index (χ1) is 12.1. The maximum Gasteiger partial charge on any atom is 0.0426 e. The minimum atomic E-state index is 0.548. The lowest BCUT2D eigenvalue weighted by Gasteiger charge is -2.40. The second-order valence-electron chi connectivity index (χ2n) is 7.32. The van der Waals surface area contributed by atoms with E-state index in [-0.39, 0.29) is 0 Å². The summed E-state index contributed by atoms with van der Waals surface area (Å²) < 4.78 is 0. The van der Waals surface area contributed by atoms with Crippen molar-refractivity contribution in [1.29, 1.82) is 0 Å². The molecule has 2 aliphatic rings. The van der Waals surface area contributed by atoms with Crippen molar-refractivity contribution in [3.63, 3.8) is 0 Å². The number of hydrogen-bond donors (Lipinski definition) is 0. The molecule has 0 bridgehead atoms. The van der Waals surface area contributed by atoms with Crippen molar-refractivity contribution in [3.8, 4) is 11.1 Å². The predicted octanol–water partition coefficient (Wildman–Crippen LogP) is 5.29. The van der Waals surface area contributed by atoms with Gasteiger partial charge in [0, 0.05) is 42.3 Å². The van der Waals surface area contributed by atoms with Gasteiger partial charge in [-0.2, -0.15) is 0 Å². The molecule has 4 rings (SSSR count). The molecule has 0 aromatic heterocycles. The van der Waals surface area contributed by atoms with Crippen molar-refractivity contribution < 1.29 is 0 Å². The van der Waals surface area contributed by atoms with Crippen LogP contribution in [0.4, 0.5) is 0 Å². The summed E-state index contributed by atoms with van der Waals surface area (Å²) >= 11 is 12.4. The molecular weight excluding hydrogens is 351 g/mol. The highest BCUT2D eigenvalue weighted by atomic mass is 35.5. The van der Waals surface area contributed by atoms with E-state index >= 15 is 0 Å². The van der Waals surface area contributed by atoms with Crippen LogP contribution in [0.25, 0.3) is 11.1 Å². The molecule has 2 aromatic rings. The third-order valence-corrected chi connectivity index (χ3v) is 6.04. The number of piperazine rings is 1. The van der Waals surface area contributed by atoms with Crippen molar-refractivity contribution >= 4 is 23.2 Å². The molecule has 1 unspecified atom stereocenters. The topological polar surface area (TPSA) is 6.48 Å². The molecule has 0 saturated carbocycles. The fourth-order valence-corrected chi connectivity index (χ4v) is 4.71. The van der Waals surface area contributed by atoms with E-state index in [9.17, 15) is 0 Å². The van der Waals surface area contributed by atoms with Gasteiger partial charge in [-0.1, -0.05) is 35.3 Å². The van der Waals surface area contributed by atoms with Gasteiger partial charge in [-0.25, -0.2) is 0 Å². The molecule has 0 N–H and O–H groups in total. The Bertz CT molecular complexity index is 746. The van der Waals surface area contributed by atoms with E-state index in [1.165, 1.54) is 36.0 Å². The number of aryl methyl sites for hydroxylation is 1. The smallest absolute Gasteiger partial charge is 0.0426 e. The minimum Gasteiger partial charge on any atom is -0.304 e. The molecule has 2 nitrogen and oxygen atoms in total. The van der Waals surface area contributed by atoms with E-state index in [2.05, 4.69) is 35.0 Å². The van der Waals surface area contributed by atoms with E-state index in [1.54, 1.807) is 6.07 Å². The standard InChI is InChI=1S/C21H24Cl2N2/c1-24-7-9-25(10-8-24)21-4-2-3-15-5-6-16(13-20(15)21)17-11-18(22)14-19(23)12-17/h5-6,11-14,21H,2-4,7-10H2,1H3. The molecule has 4 heteroatoms. The Morgan fingerprint density at radius 1 is 0.880 bits per heavy atom. The monoisotopic (exact) mass is 374 g/mol. The summed E-state index contributed by atoms with van der Waals surface area (Å²) in [6.45, 7) is 4.65. The maximum absolute atomic E-state index is 6.21. The van der Waals surface area contributed by atoms with Gasteiger partial charge in [0.1, 0.15) is 0 Å². The SMILES string of the molecule is CN1CCN(C2CCCc3ccc(-c4cc(Cl)cc(Cl)c4)cc32)CC1.